The van der Waals surface area contributed by atoms with Crippen LogP contribution in [-0.4, -0.2) is 26.7 Å². The number of rotatable bonds is 5. The molecule has 0 fully saturated rings. The number of hydrogen-bond acceptors (Lipinski definition) is 5. The lowest BCUT2D eigenvalue weighted by Gasteiger charge is -2.01. The highest BCUT2D eigenvalue weighted by atomic mass is 32.2. The first-order valence-corrected chi connectivity index (χ1v) is 4.82. The van der Waals surface area contributed by atoms with E-state index in [2.05, 4.69) is 15.7 Å². The van der Waals surface area contributed by atoms with Gasteiger partial charge >= 0.3 is 16.1 Å². The van der Waals surface area contributed by atoms with E-state index in [0.29, 0.717) is 0 Å². The Bertz CT molecular complexity index is 294. The van der Waals surface area contributed by atoms with Gasteiger partial charge in [0.15, 0.2) is 0 Å². The van der Waals surface area contributed by atoms with E-state index in [1.165, 1.54) is 6.92 Å². The summed E-state index contributed by atoms with van der Waals surface area (Å²) in [4.78, 5) is 10.7. The first kappa shape index (κ1) is 12.0. The van der Waals surface area contributed by atoms with Crippen LogP contribution < -0.4 is 0 Å². The lowest BCUT2D eigenvalue weighted by atomic mass is 10.4. The Kier molecular flexibility index (Phi) is 4.57. The van der Waals surface area contributed by atoms with Gasteiger partial charge in [-0.3, -0.25) is 0 Å². The maximum Gasteiger partial charge on any atom is 0.333 e. The van der Waals surface area contributed by atoms with Crippen molar-refractivity contribution in [3.63, 3.8) is 0 Å². The molecule has 0 bridgehead atoms. The van der Waals surface area contributed by atoms with Crippen molar-refractivity contribution in [2.45, 2.75) is 6.92 Å². The van der Waals surface area contributed by atoms with E-state index >= 15 is 0 Å². The normalized spacial score (nSPS) is 10.9. The molecule has 0 saturated carbocycles. The monoisotopic (exact) mass is 212 g/mol. The predicted molar refractivity (Wildman–Crippen MR) is 41.8 cm³/mol. The number of carbonyl (C=O) groups is 1. The van der Waals surface area contributed by atoms with Gasteiger partial charge in [-0.05, 0) is 11.4 Å². The van der Waals surface area contributed by atoms with E-state index in [-0.39, 0.29) is 5.57 Å². The highest BCUT2D eigenvalue weighted by molar-refractivity contribution is 7.86. The molecule has 7 heteroatoms. The largest absolute Gasteiger partial charge is 0.461 e. The summed E-state index contributed by atoms with van der Waals surface area (Å²) in [6.07, 6.45) is 0. The molecule has 0 unspecified atom stereocenters. The van der Waals surface area contributed by atoms with Crippen LogP contribution in [0.3, 0.4) is 0 Å². The minimum absolute atomic E-state index is 0.138. The molecule has 0 aliphatic carbocycles. The minimum atomic E-state index is -4.21. The van der Waals surface area contributed by atoms with Crippen LogP contribution in [0.5, 0.6) is 0 Å². The molecule has 13 heavy (non-hydrogen) atoms. The predicted octanol–water partition coefficient (Wildman–Crippen LogP) is 0.337. The molecule has 0 radical (unpaired) electrons. The van der Waals surface area contributed by atoms with Gasteiger partial charge in [0.1, 0.15) is 12.4 Å². The number of carbonyl (C=O) groups excluding carboxylic acids is 1. The van der Waals surface area contributed by atoms with E-state index in [1.807, 2.05) is 0 Å². The molecular weight excluding hydrogens is 203 g/mol. The summed E-state index contributed by atoms with van der Waals surface area (Å²) in [6, 6.07) is 0. The minimum Gasteiger partial charge on any atom is -0.461 e. The van der Waals surface area contributed by atoms with Gasteiger partial charge in [-0.15, -0.1) is 0 Å². The fourth-order valence-electron chi connectivity index (χ4n) is 0.391. The number of ether oxygens (including phenoxy) is 1. The van der Waals surface area contributed by atoms with E-state index in [0.717, 1.165) is 0 Å². The molecule has 0 aromatic rings. The van der Waals surface area contributed by atoms with Crippen molar-refractivity contribution in [3.05, 3.63) is 12.2 Å². The third-order valence-corrected chi connectivity index (χ3v) is 1.87. The summed E-state index contributed by atoms with van der Waals surface area (Å²) < 4.78 is 38.9. The Morgan fingerprint density at radius 3 is 2.46 bits per heavy atom. The zero-order chi connectivity index (χ0) is 10.5. The molecule has 0 heterocycles. The third kappa shape index (κ3) is 5.31. The van der Waals surface area contributed by atoms with Crippen molar-refractivity contribution in [2.75, 3.05) is 12.4 Å². The van der Waals surface area contributed by atoms with Crippen molar-refractivity contribution < 1.29 is 26.9 Å². The van der Waals surface area contributed by atoms with Crippen molar-refractivity contribution in [3.8, 4) is 0 Å². The Morgan fingerprint density at radius 2 is 2.08 bits per heavy atom. The van der Waals surface area contributed by atoms with Crippen LogP contribution in [0.25, 0.3) is 0 Å². The molecule has 0 spiro atoms. The number of esters is 1. The lowest BCUT2D eigenvalue weighted by Crippen LogP contribution is -2.15. The van der Waals surface area contributed by atoms with Crippen molar-refractivity contribution in [1.29, 1.82) is 0 Å². The first-order valence-electron chi connectivity index (χ1n) is 3.24. The van der Waals surface area contributed by atoms with Crippen LogP contribution in [0.2, 0.25) is 0 Å². The van der Waals surface area contributed by atoms with Crippen molar-refractivity contribution >= 4 is 16.1 Å². The second kappa shape index (κ2) is 4.93. The van der Waals surface area contributed by atoms with E-state index in [1.54, 1.807) is 0 Å². The maximum atomic E-state index is 11.2. The van der Waals surface area contributed by atoms with Crippen molar-refractivity contribution in [1.82, 2.24) is 0 Å². The Hall–Kier alpha value is -0.950. The van der Waals surface area contributed by atoms with E-state index in [9.17, 15) is 17.7 Å². The van der Waals surface area contributed by atoms with Gasteiger partial charge in [0, 0.05) is 5.57 Å². The van der Waals surface area contributed by atoms with Gasteiger partial charge in [-0.25, -0.2) is 4.79 Å². The zero-order valence-corrected chi connectivity index (χ0v) is 7.77. The molecule has 0 aliphatic rings. The average molecular weight is 212 g/mol. The van der Waals surface area contributed by atoms with Crippen LogP contribution in [0.15, 0.2) is 12.2 Å². The molecule has 0 amide bonds. The fraction of sp³-hybridized carbons (Fsp3) is 0.500. The quantitative estimate of drug-likeness (QED) is 0.485. The van der Waals surface area contributed by atoms with Gasteiger partial charge in [0.2, 0.25) is 0 Å². The highest BCUT2D eigenvalue weighted by Crippen LogP contribution is 1.96. The summed E-state index contributed by atoms with van der Waals surface area (Å²) in [6.45, 7) is 4.21. The second-order valence-electron chi connectivity index (χ2n) is 2.24. The second-order valence-corrected chi connectivity index (χ2v) is 3.89. The fourth-order valence-corrected chi connectivity index (χ4v) is 0.742. The SMILES string of the molecule is C=C(C)C(=O)OCCS(=O)(=O)OF. The summed E-state index contributed by atoms with van der Waals surface area (Å²) in [5.74, 6) is -1.45. The van der Waals surface area contributed by atoms with Crippen LogP contribution in [0.4, 0.5) is 4.53 Å². The van der Waals surface area contributed by atoms with E-state index in [4.69, 9.17) is 0 Å². The van der Waals surface area contributed by atoms with Gasteiger partial charge in [0.25, 0.3) is 0 Å². The first-order chi connectivity index (χ1) is 5.89. The molecule has 76 valence electrons. The van der Waals surface area contributed by atoms with Gasteiger partial charge in [0.05, 0.1) is 0 Å². The average Bonchev–Trinajstić information content (AvgIpc) is 2.04. The summed E-state index contributed by atoms with van der Waals surface area (Å²) >= 11 is 0. The summed E-state index contributed by atoms with van der Waals surface area (Å²) in [5.41, 5.74) is 0.138. The van der Waals surface area contributed by atoms with Gasteiger partial charge < -0.3 is 4.74 Å². The standard InChI is InChI=1S/C6H9FO5S/c1-5(2)6(8)11-3-4-13(9,10)12-7/h1,3-4H2,2H3. The number of hydrogen-bond donors (Lipinski definition) is 0. The summed E-state index contributed by atoms with van der Waals surface area (Å²) in [5, 5.41) is 0. The highest BCUT2D eigenvalue weighted by Gasteiger charge is 2.13. The molecular formula is C6H9FO5S. The Balaban J connectivity index is 3.82. The Labute approximate surface area is 75.2 Å². The Morgan fingerprint density at radius 1 is 1.54 bits per heavy atom. The molecule has 5 nitrogen and oxygen atoms in total. The molecule has 0 aliphatic heterocycles. The van der Waals surface area contributed by atoms with Gasteiger partial charge in [-0.2, -0.15) is 8.42 Å². The van der Waals surface area contributed by atoms with Crippen molar-refractivity contribution in [2.24, 2.45) is 0 Å². The molecule has 0 aromatic carbocycles. The zero-order valence-electron chi connectivity index (χ0n) is 6.95. The molecule has 0 N–H and O–H groups in total. The maximum absolute atomic E-state index is 11.2. The number of halogens is 1. The van der Waals surface area contributed by atoms with Gasteiger partial charge in [-0.1, -0.05) is 11.0 Å². The smallest absolute Gasteiger partial charge is 0.333 e. The van der Waals surface area contributed by atoms with Crippen LogP contribution in [0, 0.1) is 0 Å². The van der Waals surface area contributed by atoms with E-state index < -0.39 is 28.4 Å². The summed E-state index contributed by atoms with van der Waals surface area (Å²) in [7, 11) is -4.21. The molecule has 0 saturated heterocycles. The molecule has 0 atom stereocenters. The molecule has 0 aromatic heterocycles. The lowest BCUT2D eigenvalue weighted by molar-refractivity contribution is -0.138. The van der Waals surface area contributed by atoms with Crippen LogP contribution >= 0.6 is 0 Å². The molecule has 0 rings (SSSR count). The van der Waals surface area contributed by atoms with Crippen LogP contribution in [0.1, 0.15) is 6.92 Å². The topological polar surface area (TPSA) is 69.7 Å². The third-order valence-electron chi connectivity index (χ3n) is 1.01. The van der Waals surface area contributed by atoms with Crippen LogP contribution in [-0.2, 0) is 24.0 Å².